The number of nitrogens with zero attached hydrogens (tertiary/aromatic N) is 2. The van der Waals surface area contributed by atoms with Crippen LogP contribution in [0.2, 0.25) is 0 Å². The summed E-state index contributed by atoms with van der Waals surface area (Å²) in [6.45, 7) is 0. The van der Waals surface area contributed by atoms with Gasteiger partial charge in [0.2, 0.25) is 5.36 Å². The summed E-state index contributed by atoms with van der Waals surface area (Å²) in [5, 5.41) is 12.6. The molecule has 0 fully saturated rings. The molecule has 4 rings (SSSR count). The van der Waals surface area contributed by atoms with Gasteiger partial charge in [0.05, 0.1) is 12.0 Å². The lowest BCUT2D eigenvalue weighted by molar-refractivity contribution is -0.255. The van der Waals surface area contributed by atoms with Crippen molar-refractivity contribution in [1.29, 1.82) is 0 Å². The number of rotatable bonds is 3. The molecule has 0 unspecified atom stereocenters. The van der Waals surface area contributed by atoms with Gasteiger partial charge in [0.1, 0.15) is 25.4 Å². The summed E-state index contributed by atoms with van der Waals surface area (Å²) in [7, 11) is 7.13. The fourth-order valence-electron chi connectivity index (χ4n) is 3.75. The van der Waals surface area contributed by atoms with Crippen LogP contribution in [0.3, 0.4) is 0 Å². The third-order valence-electron chi connectivity index (χ3n) is 5.44. The first-order valence-electron chi connectivity index (χ1n) is 9.78. The average Bonchev–Trinajstić information content (AvgIpc) is 2.77. The Labute approximate surface area is 185 Å². The number of carbonyl (C=O) groups is 1. The zero-order valence-corrected chi connectivity index (χ0v) is 18.1. The molecule has 2 aromatic rings. The lowest BCUT2D eigenvalue weighted by Crippen LogP contribution is -2.26. The highest BCUT2D eigenvalue weighted by Crippen LogP contribution is 2.44. The van der Waals surface area contributed by atoms with Gasteiger partial charge in [0.25, 0.3) is 0 Å². The summed E-state index contributed by atoms with van der Waals surface area (Å²) in [5.41, 5.74) is -1.43. The normalized spacial score (nSPS) is 11.3. The number of carboxylic acids is 1. The van der Waals surface area contributed by atoms with E-state index in [0.29, 0.717) is 11.0 Å². The zero-order chi connectivity index (χ0) is 24.2. The average molecular weight is 458 g/mol. The van der Waals surface area contributed by atoms with Gasteiger partial charge >= 0.3 is 0 Å². The lowest BCUT2D eigenvalue weighted by atomic mass is 9.89. The highest BCUT2D eigenvalue weighted by atomic mass is 19.2. The molecule has 0 atom stereocenters. The number of carbonyl (C=O) groups excluding carboxylic acids is 1. The molecule has 5 nitrogen and oxygen atoms in total. The maximum atomic E-state index is 15.1. The van der Waals surface area contributed by atoms with Crippen molar-refractivity contribution in [3.05, 3.63) is 70.6 Å². The van der Waals surface area contributed by atoms with Gasteiger partial charge in [-0.3, -0.25) is 0 Å². The number of carboxylic acid groups (broad SMARTS) is 1. The van der Waals surface area contributed by atoms with E-state index in [0.717, 1.165) is 0 Å². The Morgan fingerprint density at radius 2 is 1.58 bits per heavy atom. The van der Waals surface area contributed by atoms with Crippen LogP contribution in [0.1, 0.15) is 10.4 Å². The Balaban J connectivity index is 2.29. The van der Waals surface area contributed by atoms with E-state index in [9.17, 15) is 23.1 Å². The predicted molar refractivity (Wildman–Crippen MR) is 114 cm³/mol. The molecular formula is C24H18F4N2O3. The van der Waals surface area contributed by atoms with E-state index < -0.39 is 40.4 Å². The van der Waals surface area contributed by atoms with Gasteiger partial charge < -0.3 is 19.2 Å². The van der Waals surface area contributed by atoms with Gasteiger partial charge in [-0.2, -0.15) is 0 Å². The second kappa shape index (κ2) is 7.91. The van der Waals surface area contributed by atoms with E-state index in [1.54, 1.807) is 61.9 Å². The SMILES string of the molecule is CN(C)c1ccc2c(-c3c(F)c(F)c(F)c(F)c3C(=O)[O-])c3ccc(=[N+](C)C)cc-3oc2c1. The van der Waals surface area contributed by atoms with Crippen LogP contribution in [0, 0.1) is 23.3 Å². The molecule has 2 aliphatic rings. The maximum absolute atomic E-state index is 15.1. The highest BCUT2D eigenvalue weighted by molar-refractivity contribution is 6.07. The maximum Gasteiger partial charge on any atom is 0.203 e. The topological polar surface area (TPSA) is 59.5 Å². The van der Waals surface area contributed by atoms with Crippen molar-refractivity contribution in [2.24, 2.45) is 0 Å². The molecule has 0 aromatic heterocycles. The Bertz CT molecular complexity index is 1490. The second-order valence-electron chi connectivity index (χ2n) is 7.92. The number of hydrogen-bond donors (Lipinski definition) is 0. The van der Waals surface area contributed by atoms with E-state index in [2.05, 4.69) is 0 Å². The summed E-state index contributed by atoms with van der Waals surface area (Å²) >= 11 is 0. The predicted octanol–water partition coefficient (Wildman–Crippen LogP) is 3.22. The monoisotopic (exact) mass is 458 g/mol. The van der Waals surface area contributed by atoms with Crippen molar-refractivity contribution < 1.29 is 31.9 Å². The number of halogens is 4. The van der Waals surface area contributed by atoms with Crippen molar-refractivity contribution in [3.8, 4) is 22.5 Å². The fraction of sp³-hybridized carbons (Fsp3) is 0.167. The van der Waals surface area contributed by atoms with Gasteiger partial charge in [-0.25, -0.2) is 22.1 Å². The van der Waals surface area contributed by atoms with Crippen LogP contribution >= 0.6 is 0 Å². The van der Waals surface area contributed by atoms with Gasteiger partial charge in [-0.05, 0) is 18.2 Å². The molecule has 9 heteroatoms. The molecule has 1 aliphatic carbocycles. The van der Waals surface area contributed by atoms with E-state index in [-0.39, 0.29) is 27.9 Å². The Morgan fingerprint density at radius 1 is 0.909 bits per heavy atom. The molecule has 0 saturated carbocycles. The van der Waals surface area contributed by atoms with E-state index in [1.807, 2.05) is 0 Å². The van der Waals surface area contributed by atoms with Crippen LogP contribution in [0.4, 0.5) is 23.2 Å². The molecule has 0 spiro atoms. The van der Waals surface area contributed by atoms with Gasteiger partial charge in [0, 0.05) is 59.6 Å². The van der Waals surface area contributed by atoms with Crippen LogP contribution in [-0.2, 0) is 0 Å². The van der Waals surface area contributed by atoms with Crippen LogP contribution < -0.4 is 19.9 Å². The largest absolute Gasteiger partial charge is 0.545 e. The van der Waals surface area contributed by atoms with E-state index in [4.69, 9.17) is 4.42 Å². The lowest BCUT2D eigenvalue weighted by Gasteiger charge is -2.21. The first-order valence-corrected chi connectivity index (χ1v) is 9.78. The van der Waals surface area contributed by atoms with Crippen molar-refractivity contribution >= 4 is 22.6 Å². The summed E-state index contributed by atoms with van der Waals surface area (Å²) in [6.07, 6.45) is 0. The number of anilines is 1. The summed E-state index contributed by atoms with van der Waals surface area (Å²) in [4.78, 5) is 13.5. The van der Waals surface area contributed by atoms with Crippen LogP contribution in [0.15, 0.2) is 40.8 Å². The van der Waals surface area contributed by atoms with Crippen molar-refractivity contribution in [2.45, 2.75) is 0 Å². The quantitative estimate of drug-likeness (QED) is 0.156. The van der Waals surface area contributed by atoms with Crippen LogP contribution in [0.5, 0.6) is 0 Å². The van der Waals surface area contributed by atoms with Crippen molar-refractivity contribution in [3.63, 3.8) is 0 Å². The first-order chi connectivity index (χ1) is 15.5. The number of aromatic carboxylic acids is 1. The third kappa shape index (κ3) is 3.49. The minimum absolute atomic E-state index is 0.156. The molecular weight excluding hydrogens is 440 g/mol. The standard InChI is InChI=1S/C24H18F4N2O3/c1-29(2)11-5-7-13-15(9-11)33-16-10-12(30(3)4)6-8-14(16)17(13)18-19(24(31)32)21(26)23(28)22(27)20(18)25/h5-10H,1-4H3. The molecule has 0 bridgehead atoms. The smallest absolute Gasteiger partial charge is 0.203 e. The number of hydrogen-bond acceptors (Lipinski definition) is 4. The highest BCUT2D eigenvalue weighted by Gasteiger charge is 2.30. The van der Waals surface area contributed by atoms with Crippen LogP contribution in [0.25, 0.3) is 33.4 Å². The summed E-state index contributed by atoms with van der Waals surface area (Å²) in [5.74, 6) is -10.2. The molecule has 0 amide bonds. The number of fused-ring (bicyclic) bond motifs is 2. The van der Waals surface area contributed by atoms with Gasteiger partial charge in [-0.1, -0.05) is 0 Å². The van der Waals surface area contributed by atoms with Crippen molar-refractivity contribution in [1.82, 2.24) is 4.58 Å². The molecule has 1 aliphatic heterocycles. The van der Waals surface area contributed by atoms with Crippen LogP contribution in [-0.4, -0.2) is 34.2 Å². The molecule has 170 valence electrons. The molecule has 1 heterocycles. The minimum atomic E-state index is -2.23. The van der Waals surface area contributed by atoms with Gasteiger partial charge in [-0.15, -0.1) is 0 Å². The molecule has 0 N–H and O–H groups in total. The first kappa shape index (κ1) is 22.3. The zero-order valence-electron chi connectivity index (χ0n) is 18.1. The molecule has 33 heavy (non-hydrogen) atoms. The van der Waals surface area contributed by atoms with Crippen molar-refractivity contribution in [2.75, 3.05) is 33.1 Å². The number of benzene rings is 3. The molecule has 0 radical (unpaired) electrons. The van der Waals surface area contributed by atoms with Gasteiger partial charge in [0.15, 0.2) is 23.3 Å². The summed E-state index contributed by atoms with van der Waals surface area (Å²) < 4.78 is 65.6. The van der Waals surface area contributed by atoms with E-state index >= 15 is 4.39 Å². The fourth-order valence-corrected chi connectivity index (χ4v) is 3.75. The Kier molecular flexibility index (Phi) is 5.35. The Morgan fingerprint density at radius 3 is 2.18 bits per heavy atom. The van der Waals surface area contributed by atoms with E-state index in [1.165, 1.54) is 12.1 Å². The summed E-state index contributed by atoms with van der Waals surface area (Å²) in [6, 6.07) is 9.56. The molecule has 2 aromatic carbocycles. The second-order valence-corrected chi connectivity index (χ2v) is 7.92. The Hall–Kier alpha value is -3.88. The third-order valence-corrected chi connectivity index (χ3v) is 5.44. The molecule has 0 saturated heterocycles. The minimum Gasteiger partial charge on any atom is -0.545 e.